The molecule has 34 heavy (non-hydrogen) atoms. The monoisotopic (exact) mass is 531 g/mol. The van der Waals surface area contributed by atoms with Gasteiger partial charge in [0.05, 0.1) is 6.54 Å². The van der Waals surface area contributed by atoms with E-state index in [0.717, 1.165) is 50.8 Å². The van der Waals surface area contributed by atoms with Crippen LogP contribution in [0.4, 0.5) is 8.78 Å². The van der Waals surface area contributed by atoms with Crippen molar-refractivity contribution in [3.8, 4) is 12.3 Å². The first-order valence-electron chi connectivity index (χ1n) is 11.2. The lowest BCUT2D eigenvalue weighted by Gasteiger charge is -2.35. The first-order valence-corrected chi connectivity index (χ1v) is 11.2. The van der Waals surface area contributed by atoms with Gasteiger partial charge in [0, 0.05) is 37.1 Å². The summed E-state index contributed by atoms with van der Waals surface area (Å²) < 4.78 is 26.6. The van der Waals surface area contributed by atoms with Crippen molar-refractivity contribution in [2.24, 2.45) is 5.73 Å². The highest BCUT2D eigenvalue weighted by Gasteiger charge is 2.38. The van der Waals surface area contributed by atoms with E-state index in [-0.39, 0.29) is 43.1 Å². The molecule has 4 rings (SSSR count). The highest BCUT2D eigenvalue weighted by molar-refractivity contribution is 5.86. The zero-order valence-corrected chi connectivity index (χ0v) is 21.5. The molecule has 0 amide bonds. The molecule has 2 aliphatic rings. The second-order valence-corrected chi connectivity index (χ2v) is 9.00. The molecule has 0 saturated heterocycles. The minimum absolute atomic E-state index is 0. The summed E-state index contributed by atoms with van der Waals surface area (Å²) in [5, 5.41) is 3.53. The van der Waals surface area contributed by atoms with Crippen LogP contribution in [0, 0.1) is 24.0 Å². The largest absolute Gasteiger partial charge is 0.328 e. The van der Waals surface area contributed by atoms with E-state index in [1.807, 2.05) is 0 Å². The number of hydrogen-bond acceptors (Lipinski definition) is 3. The van der Waals surface area contributed by atoms with Crippen LogP contribution in [0.15, 0.2) is 42.5 Å². The number of hydrogen-bond donors (Lipinski definition) is 2. The van der Waals surface area contributed by atoms with Gasteiger partial charge >= 0.3 is 0 Å². The Bertz CT molecular complexity index is 928. The van der Waals surface area contributed by atoms with Crippen molar-refractivity contribution in [1.82, 2.24) is 10.2 Å². The van der Waals surface area contributed by atoms with Gasteiger partial charge in [-0.2, -0.15) is 0 Å². The Labute approximate surface area is 220 Å². The van der Waals surface area contributed by atoms with Crippen molar-refractivity contribution in [2.45, 2.75) is 69.2 Å². The molecule has 2 aromatic carbocycles. The molecule has 0 aromatic heterocycles. The molecule has 0 unspecified atom stereocenters. The molecule has 3 nitrogen and oxygen atoms in total. The van der Waals surface area contributed by atoms with Gasteiger partial charge in [-0.05, 0) is 60.9 Å². The summed E-state index contributed by atoms with van der Waals surface area (Å²) in [6.07, 6.45) is 11.0. The minimum Gasteiger partial charge on any atom is -0.328 e. The molecule has 2 aliphatic carbocycles. The normalized spacial score (nSPS) is 23.1. The topological polar surface area (TPSA) is 41.3 Å². The van der Waals surface area contributed by atoms with Gasteiger partial charge in [-0.15, -0.1) is 43.6 Å². The third kappa shape index (κ3) is 8.09. The Kier molecular flexibility index (Phi) is 12.8. The summed E-state index contributed by atoms with van der Waals surface area (Å²) in [7, 11) is 0. The van der Waals surface area contributed by atoms with Crippen LogP contribution in [0.25, 0.3) is 0 Å². The van der Waals surface area contributed by atoms with Crippen molar-refractivity contribution in [2.75, 3.05) is 6.54 Å². The molecule has 2 aromatic rings. The minimum atomic E-state index is -0.790. The van der Waals surface area contributed by atoms with Gasteiger partial charge in [0.25, 0.3) is 0 Å². The Morgan fingerprint density at radius 3 is 2.21 bits per heavy atom. The van der Waals surface area contributed by atoms with E-state index in [9.17, 15) is 8.78 Å². The van der Waals surface area contributed by atoms with E-state index >= 15 is 0 Å². The highest BCUT2D eigenvalue weighted by atomic mass is 35.5. The van der Waals surface area contributed by atoms with E-state index in [1.54, 1.807) is 6.07 Å². The van der Waals surface area contributed by atoms with E-state index < -0.39 is 11.6 Å². The number of nitrogens with zero attached hydrogens (tertiary/aromatic N) is 1. The zero-order valence-electron chi connectivity index (χ0n) is 19.1. The van der Waals surface area contributed by atoms with Gasteiger partial charge in [-0.3, -0.25) is 4.90 Å². The molecule has 2 fully saturated rings. The number of rotatable bonds is 8. The van der Waals surface area contributed by atoms with Gasteiger partial charge in [-0.1, -0.05) is 36.3 Å². The van der Waals surface area contributed by atoms with Gasteiger partial charge in [0.15, 0.2) is 11.6 Å². The number of terminal acetylenes is 1. The molecule has 0 aliphatic heterocycles. The predicted molar refractivity (Wildman–Crippen MR) is 142 cm³/mol. The maximum absolute atomic E-state index is 13.4. The third-order valence-electron chi connectivity index (χ3n) is 6.69. The van der Waals surface area contributed by atoms with Crippen LogP contribution in [0.2, 0.25) is 0 Å². The number of halogens is 5. The highest BCUT2D eigenvalue weighted by Crippen LogP contribution is 2.41. The maximum Gasteiger partial charge on any atom is 0.159 e. The molecule has 3 N–H and O–H groups in total. The number of benzene rings is 2. The van der Waals surface area contributed by atoms with E-state index in [4.69, 9.17) is 12.2 Å². The average Bonchev–Trinajstić information content (AvgIpc) is 3.55. The zero-order chi connectivity index (χ0) is 21.8. The molecule has 0 bridgehead atoms. The molecule has 188 valence electrons. The Morgan fingerprint density at radius 1 is 0.941 bits per heavy atom. The first kappa shape index (κ1) is 30.6. The van der Waals surface area contributed by atoms with Crippen LogP contribution < -0.4 is 11.1 Å². The van der Waals surface area contributed by atoms with Crippen LogP contribution in [0.5, 0.6) is 0 Å². The lowest BCUT2D eigenvalue weighted by Crippen LogP contribution is -2.40. The van der Waals surface area contributed by atoms with Crippen molar-refractivity contribution in [1.29, 1.82) is 0 Å². The smallest absolute Gasteiger partial charge is 0.159 e. The number of nitrogens with two attached hydrogens (primary N) is 1. The van der Waals surface area contributed by atoms with E-state index in [2.05, 4.69) is 40.4 Å². The SMILES string of the molecule is C#CCN(Cc1ccc(CN[C@@H]2C[C@H]2c2ccc(F)c(F)c2)cc1)C1CCC(N)CC1.Cl.Cl.Cl. The number of nitrogens with one attached hydrogen (secondary N) is 1. The summed E-state index contributed by atoms with van der Waals surface area (Å²) >= 11 is 0. The fourth-order valence-corrected chi connectivity index (χ4v) is 4.68. The van der Waals surface area contributed by atoms with Crippen molar-refractivity contribution in [3.63, 3.8) is 0 Å². The summed E-state index contributed by atoms with van der Waals surface area (Å²) in [4.78, 5) is 2.40. The maximum atomic E-state index is 13.4. The Morgan fingerprint density at radius 2 is 1.59 bits per heavy atom. The first-order chi connectivity index (χ1) is 15.0. The standard InChI is InChI=1S/C26H31F2N3.3ClH/c1-2-13-31(22-10-8-21(29)9-11-22)17-19-5-3-18(4-6-19)16-30-26-15-23(26)20-7-12-24(27)25(28)14-20;;;/h1,3-7,12,14,21-23,26,30H,8-11,13,15-17,29H2;3*1H/t21?,22?,23-,26+;;;/m0.../s1. The summed E-state index contributed by atoms with van der Waals surface area (Å²) in [6.45, 7) is 2.29. The van der Waals surface area contributed by atoms with E-state index in [0.29, 0.717) is 24.7 Å². The quantitative estimate of drug-likeness (QED) is 0.436. The van der Waals surface area contributed by atoms with Crippen LogP contribution in [0.3, 0.4) is 0 Å². The molecular formula is C26H34Cl3F2N3. The average molecular weight is 533 g/mol. The summed E-state index contributed by atoms with van der Waals surface area (Å²) in [5.74, 6) is 1.51. The summed E-state index contributed by atoms with van der Waals surface area (Å²) in [6, 6.07) is 14.0. The van der Waals surface area contributed by atoms with Crippen molar-refractivity contribution < 1.29 is 8.78 Å². The predicted octanol–water partition coefficient (Wildman–Crippen LogP) is 5.58. The van der Waals surface area contributed by atoms with Crippen LogP contribution in [-0.4, -0.2) is 29.6 Å². The van der Waals surface area contributed by atoms with Crippen molar-refractivity contribution in [3.05, 3.63) is 70.8 Å². The van der Waals surface area contributed by atoms with Gasteiger partial charge in [0.2, 0.25) is 0 Å². The van der Waals surface area contributed by atoms with Crippen molar-refractivity contribution >= 4 is 37.2 Å². The lowest BCUT2D eigenvalue weighted by atomic mass is 9.90. The Hall–Kier alpha value is -1.39. The fraction of sp³-hybridized carbons (Fsp3) is 0.462. The molecule has 0 spiro atoms. The third-order valence-corrected chi connectivity index (χ3v) is 6.69. The molecule has 0 heterocycles. The molecule has 2 atom stereocenters. The molecule has 2 saturated carbocycles. The Balaban J connectivity index is 0.00000193. The van der Waals surface area contributed by atoms with Gasteiger partial charge in [-0.25, -0.2) is 8.78 Å². The van der Waals surface area contributed by atoms with Crippen LogP contribution in [-0.2, 0) is 13.1 Å². The van der Waals surface area contributed by atoms with E-state index in [1.165, 1.54) is 23.3 Å². The molecular weight excluding hydrogens is 499 g/mol. The molecule has 0 radical (unpaired) electrons. The molecule has 8 heteroatoms. The lowest BCUT2D eigenvalue weighted by molar-refractivity contribution is 0.160. The van der Waals surface area contributed by atoms with Gasteiger partial charge in [0.1, 0.15) is 0 Å². The second-order valence-electron chi connectivity index (χ2n) is 9.00. The summed E-state index contributed by atoms with van der Waals surface area (Å²) in [5.41, 5.74) is 9.40. The van der Waals surface area contributed by atoms with Crippen LogP contribution >= 0.6 is 37.2 Å². The van der Waals surface area contributed by atoms with Gasteiger partial charge < -0.3 is 11.1 Å². The fourth-order valence-electron chi connectivity index (χ4n) is 4.68. The van der Waals surface area contributed by atoms with Crippen LogP contribution in [0.1, 0.15) is 54.7 Å². The second kappa shape index (κ2) is 14.2.